The third-order valence-corrected chi connectivity index (χ3v) is 4.33. The first kappa shape index (κ1) is 15.5. The van der Waals surface area contributed by atoms with Crippen molar-refractivity contribution >= 4 is 11.9 Å². The summed E-state index contributed by atoms with van der Waals surface area (Å²) < 4.78 is 14.2. The van der Waals surface area contributed by atoms with Crippen LogP contribution in [0.5, 0.6) is 0 Å². The Labute approximate surface area is 146 Å². The van der Waals surface area contributed by atoms with E-state index < -0.39 is 5.66 Å². The van der Waals surface area contributed by atoms with Gasteiger partial charge in [0.05, 0.1) is 5.69 Å². The topological polar surface area (TPSA) is 36.4 Å². The zero-order chi connectivity index (χ0) is 17.1. The van der Waals surface area contributed by atoms with E-state index in [1.165, 1.54) is 6.07 Å². The Bertz CT molecular complexity index is 880. The number of halogens is 1. The lowest BCUT2D eigenvalue weighted by atomic mass is 10.00. The quantitative estimate of drug-likeness (QED) is 0.740. The second kappa shape index (κ2) is 6.49. The molecule has 124 valence electrons. The molecule has 0 fully saturated rings. The summed E-state index contributed by atoms with van der Waals surface area (Å²) in [6.45, 7) is 0. The molecule has 1 aliphatic rings. The van der Waals surface area contributed by atoms with Crippen molar-refractivity contribution in [3.63, 3.8) is 0 Å². The van der Waals surface area contributed by atoms with Gasteiger partial charge in [-0.1, -0.05) is 72.8 Å². The Hall–Kier alpha value is -2.98. The molecule has 25 heavy (non-hydrogen) atoms. The standard InChI is InChI=1S/C21H18FN3/c22-18-13-7-8-14-19(18)24-21(17-11-5-2-6-12-17)15-23-20(25-21)16-9-3-1-4-10-16/h1-15,20,24-25H. The number of hydrogen-bond acceptors (Lipinski definition) is 3. The highest BCUT2D eigenvalue weighted by molar-refractivity contribution is 5.79. The van der Waals surface area contributed by atoms with Crippen molar-refractivity contribution in [2.45, 2.75) is 11.8 Å². The Morgan fingerprint density at radius 1 is 0.840 bits per heavy atom. The van der Waals surface area contributed by atoms with E-state index in [1.54, 1.807) is 12.1 Å². The van der Waals surface area contributed by atoms with Gasteiger partial charge < -0.3 is 5.32 Å². The molecule has 0 aliphatic carbocycles. The number of hydrogen-bond donors (Lipinski definition) is 2. The largest absolute Gasteiger partial charge is 0.357 e. The van der Waals surface area contributed by atoms with E-state index in [1.807, 2.05) is 72.9 Å². The maximum Gasteiger partial charge on any atom is 0.153 e. The summed E-state index contributed by atoms with van der Waals surface area (Å²) in [5, 5.41) is 6.82. The smallest absolute Gasteiger partial charge is 0.153 e. The fourth-order valence-electron chi connectivity index (χ4n) is 3.06. The van der Waals surface area contributed by atoms with Crippen molar-refractivity contribution in [3.05, 3.63) is 102 Å². The van der Waals surface area contributed by atoms with Gasteiger partial charge in [0.2, 0.25) is 0 Å². The molecule has 0 amide bonds. The van der Waals surface area contributed by atoms with E-state index in [0.717, 1.165) is 11.1 Å². The number of nitrogens with zero attached hydrogens (tertiary/aromatic N) is 1. The summed E-state index contributed by atoms with van der Waals surface area (Å²) in [6, 6.07) is 26.6. The van der Waals surface area contributed by atoms with Gasteiger partial charge >= 0.3 is 0 Å². The molecule has 0 aromatic heterocycles. The SMILES string of the molecule is Fc1ccccc1NC1(c2ccccc2)C=NC(c2ccccc2)N1. The molecule has 1 aliphatic heterocycles. The molecule has 0 saturated heterocycles. The van der Waals surface area contributed by atoms with E-state index in [0.29, 0.717) is 5.69 Å². The summed E-state index contributed by atoms with van der Waals surface area (Å²) >= 11 is 0. The van der Waals surface area contributed by atoms with Crippen molar-refractivity contribution in [2.24, 2.45) is 4.99 Å². The average Bonchev–Trinajstić information content (AvgIpc) is 3.11. The fourth-order valence-corrected chi connectivity index (χ4v) is 3.06. The molecule has 2 N–H and O–H groups in total. The molecule has 2 atom stereocenters. The normalized spacial score (nSPS) is 22.0. The highest BCUT2D eigenvalue weighted by Crippen LogP contribution is 2.32. The molecular weight excluding hydrogens is 313 g/mol. The Morgan fingerprint density at radius 2 is 1.48 bits per heavy atom. The number of anilines is 1. The summed E-state index contributed by atoms with van der Waals surface area (Å²) in [5.74, 6) is -0.295. The predicted octanol–water partition coefficient (Wildman–Crippen LogP) is 4.46. The van der Waals surface area contributed by atoms with E-state index >= 15 is 0 Å². The van der Waals surface area contributed by atoms with Crippen LogP contribution in [-0.4, -0.2) is 6.21 Å². The molecule has 0 saturated carbocycles. The van der Waals surface area contributed by atoms with Gasteiger partial charge in [0.15, 0.2) is 5.66 Å². The maximum absolute atomic E-state index is 14.2. The molecule has 0 bridgehead atoms. The molecule has 0 spiro atoms. The van der Waals surface area contributed by atoms with E-state index in [4.69, 9.17) is 0 Å². The van der Waals surface area contributed by atoms with Crippen LogP contribution in [0.4, 0.5) is 10.1 Å². The number of rotatable bonds is 4. The van der Waals surface area contributed by atoms with Crippen LogP contribution in [0.15, 0.2) is 89.9 Å². The van der Waals surface area contributed by atoms with Crippen LogP contribution >= 0.6 is 0 Å². The van der Waals surface area contributed by atoms with Gasteiger partial charge in [-0.2, -0.15) is 0 Å². The van der Waals surface area contributed by atoms with E-state index in [2.05, 4.69) is 15.6 Å². The highest BCUT2D eigenvalue weighted by atomic mass is 19.1. The second-order valence-electron chi connectivity index (χ2n) is 6.01. The van der Waals surface area contributed by atoms with Crippen molar-refractivity contribution in [3.8, 4) is 0 Å². The molecule has 3 aromatic rings. The third kappa shape index (κ3) is 3.04. The van der Waals surface area contributed by atoms with Gasteiger partial charge in [-0.15, -0.1) is 0 Å². The van der Waals surface area contributed by atoms with Crippen LogP contribution < -0.4 is 10.6 Å². The number of benzene rings is 3. The van der Waals surface area contributed by atoms with Crippen LogP contribution in [0.3, 0.4) is 0 Å². The first-order chi connectivity index (χ1) is 12.3. The van der Waals surface area contributed by atoms with Crippen molar-refractivity contribution in [2.75, 3.05) is 5.32 Å². The minimum atomic E-state index is -0.774. The van der Waals surface area contributed by atoms with Gasteiger partial charge in [0.25, 0.3) is 0 Å². The van der Waals surface area contributed by atoms with Crippen LogP contribution in [0.1, 0.15) is 17.3 Å². The molecule has 3 aromatic carbocycles. The van der Waals surface area contributed by atoms with Crippen molar-refractivity contribution < 1.29 is 4.39 Å². The lowest BCUT2D eigenvalue weighted by Crippen LogP contribution is -2.47. The Kier molecular flexibility index (Phi) is 4.04. The summed E-state index contributed by atoms with van der Waals surface area (Å²) in [4.78, 5) is 4.64. The molecule has 4 rings (SSSR count). The lowest BCUT2D eigenvalue weighted by Gasteiger charge is -2.31. The molecule has 1 heterocycles. The second-order valence-corrected chi connectivity index (χ2v) is 6.01. The van der Waals surface area contributed by atoms with Crippen molar-refractivity contribution in [1.82, 2.24) is 5.32 Å². The maximum atomic E-state index is 14.2. The van der Waals surface area contributed by atoms with E-state index in [-0.39, 0.29) is 12.0 Å². The van der Waals surface area contributed by atoms with Crippen LogP contribution in [0.2, 0.25) is 0 Å². The average molecular weight is 331 g/mol. The highest BCUT2D eigenvalue weighted by Gasteiger charge is 2.38. The zero-order valence-electron chi connectivity index (χ0n) is 13.6. The summed E-state index contributed by atoms with van der Waals surface area (Å²) in [7, 11) is 0. The van der Waals surface area contributed by atoms with Crippen LogP contribution in [0.25, 0.3) is 0 Å². The van der Waals surface area contributed by atoms with E-state index in [9.17, 15) is 4.39 Å². The molecule has 4 heteroatoms. The van der Waals surface area contributed by atoms with Gasteiger partial charge in [-0.25, -0.2) is 4.39 Å². The zero-order valence-corrected chi connectivity index (χ0v) is 13.6. The fraction of sp³-hybridized carbons (Fsp3) is 0.0952. The third-order valence-electron chi connectivity index (χ3n) is 4.33. The summed E-state index contributed by atoms with van der Waals surface area (Å²) in [5.41, 5.74) is 1.69. The van der Waals surface area contributed by atoms with Gasteiger partial charge in [-0.05, 0) is 23.3 Å². The monoisotopic (exact) mass is 331 g/mol. The Balaban J connectivity index is 1.72. The molecular formula is C21H18FN3. The lowest BCUT2D eigenvalue weighted by molar-refractivity contribution is 0.470. The van der Waals surface area contributed by atoms with Gasteiger partial charge in [0.1, 0.15) is 12.0 Å². The number of para-hydroxylation sites is 1. The Morgan fingerprint density at radius 3 is 2.20 bits per heavy atom. The predicted molar refractivity (Wildman–Crippen MR) is 99.0 cm³/mol. The number of nitrogens with one attached hydrogen (secondary N) is 2. The molecule has 0 radical (unpaired) electrons. The minimum absolute atomic E-state index is 0.194. The van der Waals surface area contributed by atoms with Crippen molar-refractivity contribution in [1.29, 1.82) is 0 Å². The van der Waals surface area contributed by atoms with Gasteiger partial charge in [-0.3, -0.25) is 10.3 Å². The van der Waals surface area contributed by atoms with Crippen LogP contribution in [0, 0.1) is 5.82 Å². The molecule has 2 unspecified atom stereocenters. The van der Waals surface area contributed by atoms with Gasteiger partial charge in [0, 0.05) is 6.21 Å². The minimum Gasteiger partial charge on any atom is -0.357 e. The first-order valence-corrected chi connectivity index (χ1v) is 8.22. The van der Waals surface area contributed by atoms with Crippen LogP contribution in [-0.2, 0) is 5.66 Å². The number of aliphatic imine (C=N–C) groups is 1. The summed E-state index contributed by atoms with van der Waals surface area (Å²) in [6.07, 6.45) is 1.63. The first-order valence-electron chi connectivity index (χ1n) is 8.22. The molecule has 3 nitrogen and oxygen atoms in total.